The lowest BCUT2D eigenvalue weighted by Crippen LogP contribution is -2.25. The summed E-state index contributed by atoms with van der Waals surface area (Å²) < 4.78 is 13.2. The molecule has 1 aliphatic rings. The maximum absolute atomic E-state index is 13.2. The van der Waals surface area contributed by atoms with E-state index in [1.165, 1.54) is 12.1 Å². The molecule has 0 bridgehead atoms. The molecule has 1 aromatic rings. The van der Waals surface area contributed by atoms with Crippen LogP contribution in [-0.4, -0.2) is 11.1 Å². The van der Waals surface area contributed by atoms with Crippen molar-refractivity contribution in [3.05, 3.63) is 35.1 Å². The molecule has 1 aliphatic carbocycles. The molecule has 1 saturated carbocycles. The van der Waals surface area contributed by atoms with Crippen LogP contribution in [0.1, 0.15) is 31.4 Å². The molecule has 0 heterocycles. The molecule has 0 aliphatic heterocycles. The standard InChI is InChI=1S/C13H12FNO2/c1-12(2)7-13(12,11(16)17)9-3-4-10(14)8(5-9)6-15/h3-5H,7H2,1-2H3,(H,16,17). The molecule has 4 heteroatoms. The van der Waals surface area contributed by atoms with Gasteiger partial charge in [0.15, 0.2) is 0 Å². The van der Waals surface area contributed by atoms with Crippen LogP contribution in [0.5, 0.6) is 0 Å². The molecule has 1 aromatic carbocycles. The van der Waals surface area contributed by atoms with E-state index in [0.717, 1.165) is 6.07 Å². The molecule has 0 aromatic heterocycles. The van der Waals surface area contributed by atoms with Gasteiger partial charge in [0.25, 0.3) is 0 Å². The van der Waals surface area contributed by atoms with Crippen LogP contribution in [0.4, 0.5) is 4.39 Å². The summed E-state index contributed by atoms with van der Waals surface area (Å²) in [7, 11) is 0. The number of nitriles is 1. The van der Waals surface area contributed by atoms with Crippen molar-refractivity contribution in [2.24, 2.45) is 5.41 Å². The lowest BCUT2D eigenvalue weighted by atomic mass is 9.87. The summed E-state index contributed by atoms with van der Waals surface area (Å²) in [5.41, 5.74) is -0.936. The second-order valence-corrected chi connectivity index (χ2v) is 5.08. The number of benzene rings is 1. The van der Waals surface area contributed by atoms with E-state index >= 15 is 0 Å². The van der Waals surface area contributed by atoms with Crippen LogP contribution in [0.3, 0.4) is 0 Å². The molecule has 88 valence electrons. The van der Waals surface area contributed by atoms with Crippen molar-refractivity contribution in [2.75, 3.05) is 0 Å². The first kappa shape index (κ1) is 11.6. The zero-order chi connectivity index (χ0) is 12.8. The van der Waals surface area contributed by atoms with Crippen LogP contribution >= 0.6 is 0 Å². The predicted octanol–water partition coefficient (Wildman–Crippen LogP) is 2.45. The summed E-state index contributed by atoms with van der Waals surface area (Å²) in [6.07, 6.45) is 0.506. The van der Waals surface area contributed by atoms with E-state index in [1.54, 1.807) is 6.07 Å². The van der Waals surface area contributed by atoms with Gasteiger partial charge in [0, 0.05) is 0 Å². The van der Waals surface area contributed by atoms with Gasteiger partial charge >= 0.3 is 5.97 Å². The number of carboxylic acid groups (broad SMARTS) is 1. The van der Waals surface area contributed by atoms with Crippen LogP contribution in [-0.2, 0) is 10.2 Å². The summed E-state index contributed by atoms with van der Waals surface area (Å²) >= 11 is 0. The molecule has 0 spiro atoms. The lowest BCUT2D eigenvalue weighted by Gasteiger charge is -2.16. The molecule has 17 heavy (non-hydrogen) atoms. The number of nitrogens with zero attached hydrogens (tertiary/aromatic N) is 1. The Morgan fingerprint density at radius 3 is 2.53 bits per heavy atom. The normalized spacial score (nSPS) is 25.1. The number of hydrogen-bond acceptors (Lipinski definition) is 2. The summed E-state index contributed by atoms with van der Waals surface area (Å²) in [4.78, 5) is 11.4. The van der Waals surface area contributed by atoms with Crippen molar-refractivity contribution in [3.8, 4) is 6.07 Å². The van der Waals surface area contributed by atoms with Crippen LogP contribution in [0.2, 0.25) is 0 Å². The van der Waals surface area contributed by atoms with Crippen LogP contribution in [0.15, 0.2) is 18.2 Å². The van der Waals surface area contributed by atoms with Crippen LogP contribution in [0, 0.1) is 22.6 Å². The van der Waals surface area contributed by atoms with Crippen molar-refractivity contribution in [3.63, 3.8) is 0 Å². The summed E-state index contributed by atoms with van der Waals surface area (Å²) in [5, 5.41) is 18.1. The van der Waals surface area contributed by atoms with E-state index in [2.05, 4.69) is 0 Å². The molecular formula is C13H12FNO2. The first-order chi connectivity index (χ1) is 7.85. The minimum atomic E-state index is -0.980. The molecule has 1 N–H and O–H groups in total. The quantitative estimate of drug-likeness (QED) is 0.853. The van der Waals surface area contributed by atoms with Gasteiger partial charge in [0.05, 0.1) is 11.0 Å². The number of halogens is 1. The first-order valence-electron chi connectivity index (χ1n) is 5.29. The monoisotopic (exact) mass is 233 g/mol. The molecule has 0 saturated heterocycles. The average Bonchev–Trinajstić information content (AvgIpc) is 2.84. The average molecular weight is 233 g/mol. The lowest BCUT2D eigenvalue weighted by molar-refractivity contribution is -0.141. The van der Waals surface area contributed by atoms with Gasteiger partial charge in [-0.2, -0.15) is 5.26 Å². The van der Waals surface area contributed by atoms with Gasteiger partial charge in [-0.1, -0.05) is 19.9 Å². The second-order valence-electron chi connectivity index (χ2n) is 5.08. The summed E-state index contributed by atoms with van der Waals surface area (Å²) in [6, 6.07) is 5.70. The van der Waals surface area contributed by atoms with E-state index in [1.807, 2.05) is 13.8 Å². The fourth-order valence-electron chi connectivity index (χ4n) is 2.48. The van der Waals surface area contributed by atoms with Crippen molar-refractivity contribution in [1.82, 2.24) is 0 Å². The maximum atomic E-state index is 13.2. The van der Waals surface area contributed by atoms with Gasteiger partial charge in [-0.25, -0.2) is 4.39 Å². The Morgan fingerprint density at radius 1 is 1.53 bits per heavy atom. The Hall–Kier alpha value is -1.89. The zero-order valence-electron chi connectivity index (χ0n) is 9.62. The minimum absolute atomic E-state index is 0.106. The Kier molecular flexibility index (Phi) is 2.25. The third-order valence-electron chi connectivity index (χ3n) is 3.68. The zero-order valence-corrected chi connectivity index (χ0v) is 9.62. The van der Waals surface area contributed by atoms with Gasteiger partial charge < -0.3 is 5.11 Å². The molecule has 1 unspecified atom stereocenters. The molecule has 1 atom stereocenters. The largest absolute Gasteiger partial charge is 0.481 e. The Labute approximate surface area is 98.5 Å². The van der Waals surface area contributed by atoms with Gasteiger partial charge in [-0.3, -0.25) is 4.79 Å². The highest BCUT2D eigenvalue weighted by molar-refractivity contribution is 5.87. The topological polar surface area (TPSA) is 61.1 Å². The van der Waals surface area contributed by atoms with Crippen LogP contribution in [0.25, 0.3) is 0 Å². The molecular weight excluding hydrogens is 221 g/mol. The second kappa shape index (κ2) is 3.30. The maximum Gasteiger partial charge on any atom is 0.314 e. The van der Waals surface area contributed by atoms with E-state index in [9.17, 15) is 14.3 Å². The molecule has 2 rings (SSSR count). The van der Waals surface area contributed by atoms with Crippen molar-refractivity contribution in [1.29, 1.82) is 5.26 Å². The van der Waals surface area contributed by atoms with Gasteiger partial charge in [0.1, 0.15) is 11.9 Å². The van der Waals surface area contributed by atoms with E-state index in [0.29, 0.717) is 12.0 Å². The highest BCUT2D eigenvalue weighted by Gasteiger charge is 2.67. The predicted molar refractivity (Wildman–Crippen MR) is 58.8 cm³/mol. The third-order valence-corrected chi connectivity index (χ3v) is 3.68. The molecule has 0 amide bonds. The Morgan fingerprint density at radius 2 is 2.12 bits per heavy atom. The van der Waals surface area contributed by atoms with Crippen molar-refractivity contribution >= 4 is 5.97 Å². The number of carbonyl (C=O) groups is 1. The fourth-order valence-corrected chi connectivity index (χ4v) is 2.48. The van der Waals surface area contributed by atoms with Gasteiger partial charge in [-0.05, 0) is 29.5 Å². The minimum Gasteiger partial charge on any atom is -0.481 e. The molecule has 0 radical (unpaired) electrons. The molecule has 1 fully saturated rings. The highest BCUT2D eigenvalue weighted by Crippen LogP contribution is 2.64. The van der Waals surface area contributed by atoms with Crippen molar-refractivity contribution < 1.29 is 14.3 Å². The smallest absolute Gasteiger partial charge is 0.314 e. The number of carboxylic acids is 1. The Bertz CT molecular complexity index is 545. The van der Waals surface area contributed by atoms with Crippen LogP contribution < -0.4 is 0 Å². The highest BCUT2D eigenvalue weighted by atomic mass is 19.1. The number of rotatable bonds is 2. The van der Waals surface area contributed by atoms with Crippen molar-refractivity contribution in [2.45, 2.75) is 25.7 Å². The molecule has 3 nitrogen and oxygen atoms in total. The SMILES string of the molecule is CC1(C)CC1(C(=O)O)c1ccc(F)c(C#N)c1. The number of hydrogen-bond donors (Lipinski definition) is 1. The van der Waals surface area contributed by atoms with Gasteiger partial charge in [-0.15, -0.1) is 0 Å². The van der Waals surface area contributed by atoms with Gasteiger partial charge in [0.2, 0.25) is 0 Å². The third kappa shape index (κ3) is 1.42. The summed E-state index contributed by atoms with van der Waals surface area (Å²) in [6.45, 7) is 3.72. The first-order valence-corrected chi connectivity index (χ1v) is 5.29. The fraction of sp³-hybridized carbons (Fsp3) is 0.385. The Balaban J connectivity index is 2.56. The van der Waals surface area contributed by atoms with E-state index in [4.69, 9.17) is 5.26 Å². The summed E-state index contributed by atoms with van der Waals surface area (Å²) in [5.74, 6) is -1.53. The number of aliphatic carboxylic acids is 1. The van der Waals surface area contributed by atoms with E-state index < -0.39 is 17.2 Å². The van der Waals surface area contributed by atoms with E-state index in [-0.39, 0.29) is 11.0 Å².